The number of rotatable bonds is 6. The maximum absolute atomic E-state index is 14.4. The highest BCUT2D eigenvalue weighted by atomic mass is 19.1. The first-order chi connectivity index (χ1) is 17.4. The van der Waals surface area contributed by atoms with E-state index in [1.165, 1.54) is 23.6 Å². The second-order valence-corrected chi connectivity index (χ2v) is 9.49. The first kappa shape index (κ1) is 26.1. The molecule has 0 bridgehead atoms. The van der Waals surface area contributed by atoms with Crippen molar-refractivity contribution in [2.75, 3.05) is 0 Å². The van der Waals surface area contributed by atoms with Crippen molar-refractivity contribution >= 4 is 0 Å². The van der Waals surface area contributed by atoms with Crippen molar-refractivity contribution in [1.29, 1.82) is 0 Å². The van der Waals surface area contributed by atoms with Crippen molar-refractivity contribution in [3.8, 4) is 22.8 Å². The van der Waals surface area contributed by atoms with Gasteiger partial charge in [-0.05, 0) is 71.4 Å². The fourth-order valence-corrected chi connectivity index (χ4v) is 3.91. The molecule has 0 spiro atoms. The molecule has 2 aromatic carbocycles. The maximum Gasteiger partial charge on any atom is 0.264 e. The number of aryl methyl sites for hydroxylation is 2. The fourth-order valence-electron chi connectivity index (χ4n) is 3.91. The second-order valence-electron chi connectivity index (χ2n) is 9.49. The molecule has 0 amide bonds. The summed E-state index contributed by atoms with van der Waals surface area (Å²) in [6, 6.07) is 9.81. The summed E-state index contributed by atoms with van der Waals surface area (Å²) in [4.78, 5) is 26.5. The molecule has 9 heteroatoms. The van der Waals surface area contributed by atoms with Gasteiger partial charge in [0.15, 0.2) is 5.82 Å². The quantitative estimate of drug-likeness (QED) is 0.396. The van der Waals surface area contributed by atoms with Crippen LogP contribution in [0.2, 0.25) is 0 Å². The number of aliphatic hydroxyl groups is 1. The lowest BCUT2D eigenvalue weighted by molar-refractivity contribution is 0.0688. The van der Waals surface area contributed by atoms with Crippen LogP contribution in [0.1, 0.15) is 47.8 Å². The average Bonchev–Trinajstić information content (AvgIpc) is 2.85. The van der Waals surface area contributed by atoms with Gasteiger partial charge in [-0.1, -0.05) is 12.1 Å². The van der Waals surface area contributed by atoms with Gasteiger partial charge in [0.2, 0.25) is 5.88 Å². The van der Waals surface area contributed by atoms with Gasteiger partial charge in [-0.25, -0.2) is 18.7 Å². The lowest BCUT2D eigenvalue weighted by atomic mass is 10.1. The summed E-state index contributed by atoms with van der Waals surface area (Å²) in [5, 5.41) is 10.3. The van der Waals surface area contributed by atoms with E-state index >= 15 is 0 Å². The number of ether oxygens (including phenoxy) is 1. The van der Waals surface area contributed by atoms with Crippen LogP contribution >= 0.6 is 0 Å². The van der Waals surface area contributed by atoms with Crippen molar-refractivity contribution < 1.29 is 18.6 Å². The molecule has 4 aromatic rings. The van der Waals surface area contributed by atoms with Crippen LogP contribution in [0.3, 0.4) is 0 Å². The van der Waals surface area contributed by atoms with Crippen molar-refractivity contribution in [2.45, 2.75) is 53.8 Å². The number of benzene rings is 2. The van der Waals surface area contributed by atoms with Gasteiger partial charge in [-0.2, -0.15) is 4.98 Å². The molecule has 0 unspecified atom stereocenters. The molecule has 0 fully saturated rings. The smallest absolute Gasteiger partial charge is 0.264 e. The summed E-state index contributed by atoms with van der Waals surface area (Å²) < 4.78 is 35.2. The van der Waals surface area contributed by atoms with Crippen LogP contribution in [0.4, 0.5) is 8.78 Å². The van der Waals surface area contributed by atoms with Crippen molar-refractivity contribution in [3.05, 3.63) is 98.5 Å². The fraction of sp³-hybridized carbons (Fsp3) is 0.286. The van der Waals surface area contributed by atoms with Gasteiger partial charge in [0.25, 0.3) is 5.56 Å². The minimum absolute atomic E-state index is 0.0829. The molecule has 192 valence electrons. The predicted molar refractivity (Wildman–Crippen MR) is 136 cm³/mol. The van der Waals surface area contributed by atoms with Gasteiger partial charge >= 0.3 is 0 Å². The highest BCUT2D eigenvalue weighted by Crippen LogP contribution is 2.26. The van der Waals surface area contributed by atoms with Crippen LogP contribution in [-0.4, -0.2) is 24.6 Å². The van der Waals surface area contributed by atoms with E-state index in [4.69, 9.17) is 4.74 Å². The van der Waals surface area contributed by atoms with Crippen LogP contribution in [0, 0.1) is 39.3 Å². The molecule has 2 heterocycles. The summed E-state index contributed by atoms with van der Waals surface area (Å²) in [5.41, 5.74) is 1.57. The summed E-state index contributed by atoms with van der Waals surface area (Å²) in [6.07, 6.45) is 1.58. The molecule has 0 radical (unpaired) electrons. The van der Waals surface area contributed by atoms with Crippen LogP contribution in [0.15, 0.2) is 47.4 Å². The molecule has 0 aliphatic carbocycles. The zero-order chi connectivity index (χ0) is 27.1. The van der Waals surface area contributed by atoms with Crippen LogP contribution in [0.5, 0.6) is 5.88 Å². The Hall–Kier alpha value is -3.98. The number of hydrogen-bond acceptors (Lipinski definition) is 6. The Morgan fingerprint density at radius 3 is 2.43 bits per heavy atom. The normalized spacial score (nSPS) is 11.6. The van der Waals surface area contributed by atoms with E-state index in [2.05, 4.69) is 15.0 Å². The minimum atomic E-state index is -1.20. The number of nitrogens with zero attached hydrogens (tertiary/aromatic N) is 4. The van der Waals surface area contributed by atoms with Gasteiger partial charge in [-0.3, -0.25) is 9.36 Å². The Morgan fingerprint density at radius 2 is 1.73 bits per heavy atom. The van der Waals surface area contributed by atoms with E-state index in [1.807, 2.05) is 25.1 Å². The summed E-state index contributed by atoms with van der Waals surface area (Å²) in [5.74, 6) is -0.578. The van der Waals surface area contributed by atoms with Crippen LogP contribution in [0.25, 0.3) is 16.9 Å². The third-order valence-corrected chi connectivity index (χ3v) is 6.14. The molecule has 1 N–H and O–H groups in total. The molecule has 37 heavy (non-hydrogen) atoms. The molecule has 0 aliphatic heterocycles. The Morgan fingerprint density at radius 1 is 1.00 bits per heavy atom. The molecule has 7 nitrogen and oxygen atoms in total. The number of aromatic nitrogens is 4. The Kier molecular flexibility index (Phi) is 6.92. The average molecular weight is 507 g/mol. The van der Waals surface area contributed by atoms with E-state index < -0.39 is 17.2 Å². The van der Waals surface area contributed by atoms with E-state index in [0.29, 0.717) is 17.2 Å². The van der Waals surface area contributed by atoms with Gasteiger partial charge in [-0.15, -0.1) is 0 Å². The summed E-state index contributed by atoms with van der Waals surface area (Å²) in [7, 11) is 0. The van der Waals surface area contributed by atoms with Gasteiger partial charge < -0.3 is 9.84 Å². The molecule has 0 saturated carbocycles. The number of halogens is 2. The van der Waals surface area contributed by atoms with E-state index in [9.17, 15) is 18.7 Å². The van der Waals surface area contributed by atoms with Crippen molar-refractivity contribution in [3.63, 3.8) is 0 Å². The molecule has 0 saturated heterocycles. The van der Waals surface area contributed by atoms with Gasteiger partial charge in [0.1, 0.15) is 29.7 Å². The van der Waals surface area contributed by atoms with E-state index in [1.54, 1.807) is 40.0 Å². The Balaban J connectivity index is 1.72. The standard InChI is InChI=1S/C28H28F2N4O3/c1-15-7-8-19(22-11-12-31-27(33-22)28(5,6)36)13-23(15)34-18(4)32-25(17(3)26(34)35)37-14-20-9-10-21(29)16(2)24(20)30/h7-13,36H,14H2,1-6H3. The summed E-state index contributed by atoms with van der Waals surface area (Å²) in [6.45, 7) is 9.53. The first-order valence-electron chi connectivity index (χ1n) is 11.7. The van der Waals surface area contributed by atoms with Crippen LogP contribution < -0.4 is 10.3 Å². The molecule has 2 aromatic heterocycles. The molecule has 0 atom stereocenters. The van der Waals surface area contributed by atoms with Crippen molar-refractivity contribution in [2.24, 2.45) is 0 Å². The Bertz CT molecular complexity index is 1560. The van der Waals surface area contributed by atoms with Crippen molar-refractivity contribution in [1.82, 2.24) is 19.5 Å². The largest absolute Gasteiger partial charge is 0.472 e. The lowest BCUT2D eigenvalue weighted by Gasteiger charge is -2.18. The molecular weight excluding hydrogens is 478 g/mol. The third-order valence-electron chi connectivity index (χ3n) is 6.14. The predicted octanol–water partition coefficient (Wildman–Crippen LogP) is 5.01. The topological polar surface area (TPSA) is 90.1 Å². The number of hydrogen-bond donors (Lipinski definition) is 1. The maximum atomic E-state index is 14.4. The highest BCUT2D eigenvalue weighted by Gasteiger charge is 2.21. The Labute approximate surface area is 213 Å². The highest BCUT2D eigenvalue weighted by molar-refractivity contribution is 5.64. The summed E-state index contributed by atoms with van der Waals surface area (Å²) >= 11 is 0. The monoisotopic (exact) mass is 506 g/mol. The molecular formula is C28H28F2N4O3. The van der Waals surface area contributed by atoms with E-state index in [0.717, 1.165) is 11.1 Å². The second kappa shape index (κ2) is 9.82. The molecule has 0 aliphatic rings. The SMILES string of the molecule is Cc1ccc(-c2ccnc(C(C)(C)O)n2)cc1-n1c(C)nc(OCc2ccc(F)c(C)c2F)c(C)c1=O. The van der Waals surface area contributed by atoms with E-state index in [-0.39, 0.29) is 40.6 Å². The first-order valence-corrected chi connectivity index (χ1v) is 11.7. The van der Waals surface area contributed by atoms with Gasteiger partial charge in [0, 0.05) is 22.9 Å². The lowest BCUT2D eigenvalue weighted by Crippen LogP contribution is -2.26. The third kappa shape index (κ3) is 5.13. The van der Waals surface area contributed by atoms with Gasteiger partial charge in [0.05, 0.1) is 16.9 Å². The zero-order valence-corrected chi connectivity index (χ0v) is 21.6. The van der Waals surface area contributed by atoms with Crippen LogP contribution in [-0.2, 0) is 12.2 Å². The zero-order valence-electron chi connectivity index (χ0n) is 21.6. The molecule has 4 rings (SSSR count). The minimum Gasteiger partial charge on any atom is -0.472 e.